The molecule has 0 aliphatic carbocycles. The molecule has 0 fully saturated rings. The van der Waals surface area contributed by atoms with E-state index in [1.807, 2.05) is 0 Å². The molecule has 3 aliphatic rings. The average Bonchev–Trinajstić information content (AvgIpc) is 3.52. The predicted molar refractivity (Wildman–Crippen MR) is 242 cm³/mol. The number of phenolic OH excluding ortho intramolecular Hbond substituents is 10. The summed E-state index contributed by atoms with van der Waals surface area (Å²) >= 11 is 0. The lowest BCUT2D eigenvalue weighted by molar-refractivity contribution is -0.0187. The fraction of sp³-hybridized carbons (Fsp3) is 0.180. The first-order valence-corrected chi connectivity index (χ1v) is 21.4. The molecule has 21 heteroatoms. The van der Waals surface area contributed by atoms with Gasteiger partial charge in [0.15, 0.2) is 52.8 Å². The van der Waals surface area contributed by atoms with Crippen molar-refractivity contribution in [1.29, 1.82) is 0 Å². The Bertz CT molecular complexity index is 3590. The van der Waals surface area contributed by atoms with Crippen LogP contribution < -0.4 is 25.1 Å². The number of aromatic hydroxyl groups is 12. The lowest BCUT2D eigenvalue weighted by Crippen LogP contribution is -2.35. The number of hydrogen-bond acceptors (Lipinski definition) is 21. The van der Waals surface area contributed by atoms with Crippen molar-refractivity contribution in [3.05, 3.63) is 132 Å². The highest BCUT2D eigenvalue weighted by Crippen LogP contribution is 2.50. The molecule has 0 aromatic heterocycles. The molecule has 6 unspecified atom stereocenters. The molecular formula is C50H38O21. The van der Waals surface area contributed by atoms with Crippen molar-refractivity contribution in [2.75, 3.05) is 0 Å². The van der Waals surface area contributed by atoms with Crippen molar-refractivity contribution in [2.45, 2.75) is 55.9 Å². The molecule has 7 aromatic carbocycles. The van der Waals surface area contributed by atoms with Crippen LogP contribution in [0.5, 0.6) is 86.2 Å². The molecule has 71 heavy (non-hydrogen) atoms. The summed E-state index contributed by atoms with van der Waals surface area (Å²) in [6.45, 7) is 0. The van der Waals surface area contributed by atoms with Gasteiger partial charge in [0.05, 0.1) is 28.5 Å². The quantitative estimate of drug-likeness (QED) is 0.0850. The van der Waals surface area contributed by atoms with Gasteiger partial charge in [-0.1, -0.05) is 0 Å². The summed E-state index contributed by atoms with van der Waals surface area (Å²) in [7, 11) is 0. The van der Waals surface area contributed by atoms with Crippen LogP contribution in [0.1, 0.15) is 62.1 Å². The topological polar surface area (TPSA) is 371 Å². The van der Waals surface area contributed by atoms with Gasteiger partial charge in [-0.3, -0.25) is 9.59 Å². The summed E-state index contributed by atoms with van der Waals surface area (Å²) in [4.78, 5) is 42.2. The van der Waals surface area contributed by atoms with Crippen LogP contribution in [0.3, 0.4) is 0 Å². The Kier molecular flexibility index (Phi) is 10.6. The van der Waals surface area contributed by atoms with Gasteiger partial charge in [-0.25, -0.2) is 4.79 Å². The summed E-state index contributed by atoms with van der Waals surface area (Å²) in [6, 6.07) is 11.9. The number of ether oxygens (including phenoxy) is 4. The molecule has 10 rings (SSSR count). The summed E-state index contributed by atoms with van der Waals surface area (Å²) in [5.74, 6) is -10.4. The first kappa shape index (κ1) is 45.6. The second-order valence-corrected chi connectivity index (χ2v) is 17.3. The van der Waals surface area contributed by atoms with E-state index in [0.29, 0.717) is 6.07 Å². The largest absolute Gasteiger partial charge is 0.508 e. The maximum Gasteiger partial charge on any atom is 0.338 e. The van der Waals surface area contributed by atoms with Gasteiger partial charge >= 0.3 is 5.97 Å². The minimum absolute atomic E-state index is 0.0309. The lowest BCUT2D eigenvalue weighted by atomic mass is 9.90. The normalized spacial score (nSPS) is 20.1. The third-order valence-corrected chi connectivity index (χ3v) is 12.8. The van der Waals surface area contributed by atoms with Gasteiger partial charge in [-0.2, -0.15) is 0 Å². The molecule has 364 valence electrons. The van der Waals surface area contributed by atoms with E-state index >= 15 is 0 Å². The van der Waals surface area contributed by atoms with Crippen LogP contribution >= 0.6 is 0 Å². The van der Waals surface area contributed by atoms with Gasteiger partial charge < -0.3 is 90.4 Å². The van der Waals surface area contributed by atoms with E-state index in [-0.39, 0.29) is 74.2 Å². The number of benzene rings is 5. The van der Waals surface area contributed by atoms with E-state index in [1.54, 1.807) is 0 Å². The Morgan fingerprint density at radius 2 is 0.915 bits per heavy atom. The number of rotatable bonds is 5. The smallest absolute Gasteiger partial charge is 0.338 e. The maximum atomic E-state index is 14.6. The van der Waals surface area contributed by atoms with Crippen molar-refractivity contribution in [1.82, 2.24) is 0 Å². The van der Waals surface area contributed by atoms with Crippen LogP contribution in [0.4, 0.5) is 0 Å². The monoisotopic (exact) mass is 974 g/mol. The minimum atomic E-state index is -1.67. The third-order valence-electron chi connectivity index (χ3n) is 12.8. The van der Waals surface area contributed by atoms with Gasteiger partial charge in [0.1, 0.15) is 57.8 Å². The molecule has 0 spiro atoms. The van der Waals surface area contributed by atoms with Crippen LogP contribution in [0.2, 0.25) is 0 Å². The van der Waals surface area contributed by atoms with Crippen LogP contribution in [0.15, 0.2) is 82.4 Å². The van der Waals surface area contributed by atoms with Crippen molar-refractivity contribution in [3.8, 4) is 86.2 Å². The molecular weight excluding hydrogens is 937 g/mol. The summed E-state index contributed by atoms with van der Waals surface area (Å²) in [6.07, 6.45) is -10.4. The molecule has 0 amide bonds. The molecule has 6 atom stereocenters. The Balaban J connectivity index is 1.12. The number of hydrogen-bond donors (Lipinski definition) is 14. The van der Waals surface area contributed by atoms with E-state index < -0.39 is 145 Å². The molecule has 3 heterocycles. The first-order valence-electron chi connectivity index (χ1n) is 21.4. The lowest BCUT2D eigenvalue weighted by Gasteiger charge is -2.34. The molecule has 7 aromatic rings. The van der Waals surface area contributed by atoms with Crippen molar-refractivity contribution in [3.63, 3.8) is 0 Å². The third kappa shape index (κ3) is 7.55. The zero-order valence-corrected chi connectivity index (χ0v) is 36.1. The average molecular weight is 975 g/mol. The van der Waals surface area contributed by atoms with Crippen LogP contribution in [-0.4, -0.2) is 95.8 Å². The Labute approximate surface area is 396 Å². The molecule has 14 N–H and O–H groups in total. The van der Waals surface area contributed by atoms with Crippen molar-refractivity contribution in [2.24, 2.45) is 0 Å². The van der Waals surface area contributed by atoms with Gasteiger partial charge in [0.25, 0.3) is 0 Å². The number of phenols is 10. The molecule has 0 radical (unpaired) electrons. The molecule has 0 bridgehead atoms. The fourth-order valence-electron chi connectivity index (χ4n) is 9.51. The highest BCUT2D eigenvalue weighted by Gasteiger charge is 2.40. The second-order valence-electron chi connectivity index (χ2n) is 17.3. The van der Waals surface area contributed by atoms with Gasteiger partial charge in [0.2, 0.25) is 10.9 Å². The molecule has 21 nitrogen and oxygen atoms in total. The first-order chi connectivity index (χ1) is 33.7. The van der Waals surface area contributed by atoms with Gasteiger partial charge in [-0.05, 0) is 47.2 Å². The van der Waals surface area contributed by atoms with E-state index in [1.165, 1.54) is 6.07 Å². The maximum absolute atomic E-state index is 14.6. The summed E-state index contributed by atoms with van der Waals surface area (Å²) in [5.41, 5.74) is -3.57. The number of aliphatic hydroxyl groups excluding tert-OH is 2. The van der Waals surface area contributed by atoms with Gasteiger partial charge in [0, 0.05) is 89.0 Å². The highest BCUT2D eigenvalue weighted by molar-refractivity contribution is 6.00. The number of aliphatic hydroxyl groups is 2. The standard InChI is InChI=1S/C50H38O21/c51-18-5-28(54)25-13-35(61)48(69-37(25)8-18)23-11-33(59)45(65)41-21(23)1-16(3-31(57)43(41)63)47-40(15-27-30(56)7-20(53)10-39(27)68-47)71-50(67)17-2-22-24(12-34(60)46(66)42(22)44(64)32(58)4-17)49-36(62)14-26-29(55)6-19(52)9-38(26)70-49/h1-12,35-36,40,47-49,51-56,59-62,65-66H,13-15H2,(H,57,63)(H,58,64). The van der Waals surface area contributed by atoms with Crippen molar-refractivity contribution >= 4 is 27.5 Å². The van der Waals surface area contributed by atoms with E-state index in [9.17, 15) is 85.9 Å². The number of fused-ring (bicyclic) bond motifs is 5. The number of esters is 1. The van der Waals surface area contributed by atoms with Gasteiger partial charge in [-0.15, -0.1) is 0 Å². The van der Waals surface area contributed by atoms with Crippen LogP contribution in [0, 0.1) is 0 Å². The van der Waals surface area contributed by atoms with Crippen LogP contribution in [-0.2, 0) is 24.0 Å². The molecule has 0 saturated carbocycles. The SMILES string of the molecule is O=C(OC1Cc2c(O)cc(O)cc2OC1c1cc(=O)c(O)c2c(O)c(O)cc(C3Oc4cc(O)cc(O)c4CC3O)c2c1)c1cc(O)c(=O)c2c(O)c(O)cc(C3Oc4cc(O)cc(O)c4CC3O)c2c1. The summed E-state index contributed by atoms with van der Waals surface area (Å²) < 4.78 is 24.3. The number of carbonyl (C=O) groups is 1. The predicted octanol–water partition coefficient (Wildman–Crippen LogP) is 4.16. The van der Waals surface area contributed by atoms with E-state index in [2.05, 4.69) is 0 Å². The van der Waals surface area contributed by atoms with E-state index in [0.717, 1.165) is 60.7 Å². The fourth-order valence-corrected chi connectivity index (χ4v) is 9.51. The Morgan fingerprint density at radius 1 is 0.465 bits per heavy atom. The minimum Gasteiger partial charge on any atom is -0.508 e. The molecule has 0 saturated heterocycles. The Morgan fingerprint density at radius 3 is 1.42 bits per heavy atom. The number of carbonyl (C=O) groups excluding carboxylic acids is 1. The zero-order chi connectivity index (χ0) is 50.6. The zero-order valence-electron chi connectivity index (χ0n) is 36.1. The second kappa shape index (κ2) is 16.5. The van der Waals surface area contributed by atoms with Crippen LogP contribution in [0.25, 0.3) is 21.5 Å². The Hall–Kier alpha value is -9.21. The summed E-state index contributed by atoms with van der Waals surface area (Å²) in [5, 5.41) is 150. The molecule has 3 aliphatic heterocycles. The van der Waals surface area contributed by atoms with E-state index in [4.69, 9.17) is 18.9 Å². The highest BCUT2D eigenvalue weighted by atomic mass is 16.6. The van der Waals surface area contributed by atoms with Crippen molar-refractivity contribution < 1.29 is 95.2 Å².